The SMILES string of the molecule is COC(C)CS(=O)(=O)NC(C)C(=O)N1CCc2ccccc21. The average Bonchev–Trinajstić information content (AvgIpc) is 2.89. The van der Waals surface area contributed by atoms with Crippen molar-refractivity contribution in [3.8, 4) is 0 Å². The van der Waals surface area contributed by atoms with Gasteiger partial charge in [0.25, 0.3) is 0 Å². The van der Waals surface area contributed by atoms with E-state index in [2.05, 4.69) is 4.72 Å². The number of methoxy groups -OCH3 is 1. The molecule has 22 heavy (non-hydrogen) atoms. The van der Waals surface area contributed by atoms with Gasteiger partial charge in [-0.25, -0.2) is 13.1 Å². The number of nitrogens with zero attached hydrogens (tertiary/aromatic N) is 1. The lowest BCUT2D eigenvalue weighted by Gasteiger charge is -2.22. The van der Waals surface area contributed by atoms with Gasteiger partial charge in [-0.05, 0) is 31.9 Å². The highest BCUT2D eigenvalue weighted by atomic mass is 32.2. The van der Waals surface area contributed by atoms with Gasteiger partial charge in [-0.2, -0.15) is 0 Å². The zero-order valence-electron chi connectivity index (χ0n) is 13.1. The second-order valence-corrected chi connectivity index (χ2v) is 7.33. The maximum atomic E-state index is 12.5. The predicted molar refractivity (Wildman–Crippen MR) is 85.4 cm³/mol. The number of nitrogens with one attached hydrogen (secondary N) is 1. The number of sulfonamides is 1. The van der Waals surface area contributed by atoms with Crippen LogP contribution < -0.4 is 9.62 Å². The number of para-hydroxylation sites is 1. The number of hydrogen-bond donors (Lipinski definition) is 1. The van der Waals surface area contributed by atoms with Crippen molar-refractivity contribution in [2.75, 3.05) is 24.3 Å². The summed E-state index contributed by atoms with van der Waals surface area (Å²) in [4.78, 5) is 14.1. The van der Waals surface area contributed by atoms with Crippen LogP contribution in [-0.2, 0) is 26.0 Å². The van der Waals surface area contributed by atoms with Crippen molar-refractivity contribution in [1.82, 2.24) is 4.72 Å². The Labute approximate surface area is 131 Å². The van der Waals surface area contributed by atoms with Crippen LogP contribution >= 0.6 is 0 Å². The zero-order valence-corrected chi connectivity index (χ0v) is 13.9. The van der Waals surface area contributed by atoms with E-state index in [1.807, 2.05) is 24.3 Å². The molecule has 0 bridgehead atoms. The van der Waals surface area contributed by atoms with Gasteiger partial charge in [-0.15, -0.1) is 0 Å². The number of anilines is 1. The molecule has 1 aliphatic rings. The average molecular weight is 326 g/mol. The van der Waals surface area contributed by atoms with Crippen LogP contribution in [0.4, 0.5) is 5.69 Å². The topological polar surface area (TPSA) is 75.7 Å². The standard InChI is InChI=1S/C15H22N2O4S/c1-11(21-3)10-22(19,20)16-12(2)15(18)17-9-8-13-6-4-5-7-14(13)17/h4-7,11-12,16H,8-10H2,1-3H3. The van der Waals surface area contributed by atoms with E-state index in [1.54, 1.807) is 18.7 Å². The van der Waals surface area contributed by atoms with Gasteiger partial charge in [0.05, 0.1) is 17.9 Å². The maximum absolute atomic E-state index is 12.5. The fraction of sp³-hybridized carbons (Fsp3) is 0.533. The summed E-state index contributed by atoms with van der Waals surface area (Å²) in [6.07, 6.45) is 0.370. The minimum Gasteiger partial charge on any atom is -0.381 e. The second kappa shape index (κ2) is 6.76. The van der Waals surface area contributed by atoms with Crippen LogP contribution in [0.5, 0.6) is 0 Å². The lowest BCUT2D eigenvalue weighted by atomic mass is 10.2. The summed E-state index contributed by atoms with van der Waals surface area (Å²) >= 11 is 0. The molecular formula is C15H22N2O4S. The van der Waals surface area contributed by atoms with E-state index in [0.29, 0.717) is 6.54 Å². The highest BCUT2D eigenvalue weighted by Crippen LogP contribution is 2.27. The monoisotopic (exact) mass is 326 g/mol. The molecule has 1 N–H and O–H groups in total. The van der Waals surface area contributed by atoms with Gasteiger partial charge in [0.1, 0.15) is 0 Å². The van der Waals surface area contributed by atoms with Crippen LogP contribution in [0.1, 0.15) is 19.4 Å². The van der Waals surface area contributed by atoms with Crippen LogP contribution in [0.2, 0.25) is 0 Å². The molecule has 0 saturated heterocycles. The van der Waals surface area contributed by atoms with E-state index in [9.17, 15) is 13.2 Å². The summed E-state index contributed by atoms with van der Waals surface area (Å²) < 4.78 is 31.4. The Morgan fingerprint density at radius 3 is 2.73 bits per heavy atom. The molecule has 2 unspecified atom stereocenters. The first kappa shape index (κ1) is 16.9. The van der Waals surface area contributed by atoms with Gasteiger partial charge in [0.15, 0.2) is 0 Å². The first-order valence-electron chi connectivity index (χ1n) is 7.26. The highest BCUT2D eigenvalue weighted by Gasteiger charge is 2.30. The Kier molecular flexibility index (Phi) is 5.20. The number of carbonyl (C=O) groups excluding carboxylic acids is 1. The summed E-state index contributed by atoms with van der Waals surface area (Å²) in [5.74, 6) is -0.406. The molecule has 7 heteroatoms. The minimum atomic E-state index is -3.57. The highest BCUT2D eigenvalue weighted by molar-refractivity contribution is 7.89. The number of fused-ring (bicyclic) bond motifs is 1. The van der Waals surface area contributed by atoms with Gasteiger partial charge >= 0.3 is 0 Å². The van der Waals surface area contributed by atoms with E-state index < -0.39 is 22.2 Å². The summed E-state index contributed by atoms with van der Waals surface area (Å²) in [5.41, 5.74) is 1.97. The molecule has 1 aromatic rings. The van der Waals surface area contributed by atoms with E-state index in [4.69, 9.17) is 4.74 Å². The van der Waals surface area contributed by atoms with E-state index >= 15 is 0 Å². The number of benzene rings is 1. The van der Waals surface area contributed by atoms with E-state index in [1.165, 1.54) is 7.11 Å². The molecule has 0 aliphatic carbocycles. The third-order valence-electron chi connectivity index (χ3n) is 3.74. The van der Waals surface area contributed by atoms with Crippen molar-refractivity contribution in [2.45, 2.75) is 32.4 Å². The Balaban J connectivity index is 2.05. The fourth-order valence-electron chi connectivity index (χ4n) is 2.55. The van der Waals surface area contributed by atoms with Crippen molar-refractivity contribution >= 4 is 21.6 Å². The Morgan fingerprint density at radius 2 is 2.05 bits per heavy atom. The summed E-state index contributed by atoms with van der Waals surface area (Å²) in [5, 5.41) is 0. The van der Waals surface area contributed by atoms with E-state index in [-0.39, 0.29) is 11.7 Å². The second-order valence-electron chi connectivity index (χ2n) is 5.54. The van der Waals surface area contributed by atoms with Crippen molar-refractivity contribution < 1.29 is 17.9 Å². The molecule has 0 aromatic heterocycles. The number of hydrogen-bond acceptors (Lipinski definition) is 4. The maximum Gasteiger partial charge on any atom is 0.244 e. The smallest absolute Gasteiger partial charge is 0.244 e. The quantitative estimate of drug-likeness (QED) is 0.843. The molecule has 1 aliphatic heterocycles. The van der Waals surface area contributed by atoms with Crippen molar-refractivity contribution in [3.05, 3.63) is 29.8 Å². The Bertz CT molecular complexity index is 645. The lowest BCUT2D eigenvalue weighted by Crippen LogP contribution is -2.48. The van der Waals surface area contributed by atoms with Crippen LogP contribution in [0.15, 0.2) is 24.3 Å². The molecule has 0 saturated carbocycles. The molecule has 1 aromatic carbocycles. The normalized spacial score (nSPS) is 17.1. The molecule has 2 rings (SSSR count). The molecule has 6 nitrogen and oxygen atoms in total. The lowest BCUT2D eigenvalue weighted by molar-refractivity contribution is -0.119. The van der Waals surface area contributed by atoms with Crippen LogP contribution in [0.25, 0.3) is 0 Å². The molecule has 122 valence electrons. The largest absolute Gasteiger partial charge is 0.381 e. The number of carbonyl (C=O) groups is 1. The van der Waals surface area contributed by atoms with Gasteiger partial charge in [-0.1, -0.05) is 18.2 Å². The minimum absolute atomic E-state index is 0.169. The number of amides is 1. The van der Waals surface area contributed by atoms with Crippen molar-refractivity contribution in [2.24, 2.45) is 0 Å². The Morgan fingerprint density at radius 1 is 1.36 bits per heavy atom. The summed E-state index contributed by atoms with van der Waals surface area (Å²) in [7, 11) is -2.11. The molecule has 1 amide bonds. The van der Waals surface area contributed by atoms with Crippen molar-refractivity contribution in [3.63, 3.8) is 0 Å². The third kappa shape index (κ3) is 3.85. The predicted octanol–water partition coefficient (Wildman–Crippen LogP) is 0.919. The molecule has 2 atom stereocenters. The van der Waals surface area contributed by atoms with Crippen LogP contribution in [0, 0.1) is 0 Å². The molecule has 1 heterocycles. The summed E-state index contributed by atoms with van der Waals surface area (Å²) in [6.45, 7) is 3.82. The van der Waals surface area contributed by atoms with Crippen LogP contribution in [0.3, 0.4) is 0 Å². The Hall–Kier alpha value is -1.44. The van der Waals surface area contributed by atoms with Crippen LogP contribution in [-0.4, -0.2) is 45.9 Å². The summed E-state index contributed by atoms with van der Waals surface area (Å²) in [6, 6.07) is 6.87. The molecule has 0 spiro atoms. The molecule has 0 fully saturated rings. The first-order chi connectivity index (χ1) is 10.3. The fourth-order valence-corrected chi connectivity index (χ4v) is 4.04. The van der Waals surface area contributed by atoms with Gasteiger partial charge in [0.2, 0.25) is 15.9 Å². The number of ether oxygens (including phenoxy) is 1. The van der Waals surface area contributed by atoms with E-state index in [0.717, 1.165) is 17.7 Å². The van der Waals surface area contributed by atoms with Gasteiger partial charge in [0, 0.05) is 19.3 Å². The zero-order chi connectivity index (χ0) is 16.3. The van der Waals surface area contributed by atoms with Crippen molar-refractivity contribution in [1.29, 1.82) is 0 Å². The first-order valence-corrected chi connectivity index (χ1v) is 8.91. The molecular weight excluding hydrogens is 304 g/mol. The number of rotatable bonds is 6. The van der Waals surface area contributed by atoms with Gasteiger partial charge in [-0.3, -0.25) is 4.79 Å². The molecule has 0 radical (unpaired) electrons. The third-order valence-corrected chi connectivity index (χ3v) is 5.36. The van der Waals surface area contributed by atoms with Gasteiger partial charge < -0.3 is 9.64 Å².